The zero-order chi connectivity index (χ0) is 41.0. The number of amides is 3. The van der Waals surface area contributed by atoms with E-state index in [2.05, 4.69) is 48.8 Å². The van der Waals surface area contributed by atoms with E-state index in [-0.39, 0.29) is 42.5 Å². The number of nitrogens with two attached hydrogens (primary N) is 2. The molecule has 0 aliphatic carbocycles. The molecule has 0 unspecified atom stereocenters. The Morgan fingerprint density at radius 3 is 1.26 bits per heavy atom. The lowest BCUT2D eigenvalue weighted by Crippen LogP contribution is -2.45. The quantitative estimate of drug-likeness (QED) is 0.0358. The van der Waals surface area contributed by atoms with Crippen molar-refractivity contribution in [2.75, 3.05) is 32.7 Å². The van der Waals surface area contributed by atoms with Gasteiger partial charge in [-0.15, -0.1) is 24.8 Å². The van der Waals surface area contributed by atoms with E-state index < -0.39 is 6.04 Å². The van der Waals surface area contributed by atoms with E-state index in [9.17, 15) is 14.4 Å². The Morgan fingerprint density at radius 1 is 0.483 bits per heavy atom. The minimum Gasteiger partial charge on any atom is -0.356 e. The Hall–Kier alpha value is -1.61. The lowest BCUT2D eigenvalue weighted by Gasteiger charge is -2.26. The van der Waals surface area contributed by atoms with Crippen molar-refractivity contribution < 1.29 is 14.4 Å². The smallest absolute Gasteiger partial charge is 0.239 e. The highest BCUT2D eigenvalue weighted by Gasteiger charge is 2.20. The molecule has 0 aromatic carbocycles. The van der Waals surface area contributed by atoms with Crippen molar-refractivity contribution in [2.45, 2.75) is 232 Å². The number of halogens is 2. The fourth-order valence-corrected chi connectivity index (χ4v) is 7.07. The van der Waals surface area contributed by atoms with Crippen LogP contribution in [0.15, 0.2) is 24.3 Å². The van der Waals surface area contributed by atoms with E-state index >= 15 is 0 Å². The lowest BCUT2D eigenvalue weighted by atomic mass is 10.1. The van der Waals surface area contributed by atoms with Crippen molar-refractivity contribution in [2.24, 2.45) is 11.5 Å². The van der Waals surface area contributed by atoms with Gasteiger partial charge in [0.2, 0.25) is 17.7 Å². The molecule has 0 bridgehead atoms. The molecule has 0 radical (unpaired) electrons. The maximum atomic E-state index is 13.1. The second kappa shape index (κ2) is 49.8. The third kappa shape index (κ3) is 44.0. The molecule has 6 N–H and O–H groups in total. The molecule has 0 aliphatic rings. The Bertz CT molecular complexity index is 952. The number of nitrogens with zero attached hydrogens (tertiary/aromatic N) is 1. The number of hydrogen-bond donors (Lipinski definition) is 4. The Balaban J connectivity index is -0.0000151. The van der Waals surface area contributed by atoms with Crippen molar-refractivity contribution >= 4 is 42.5 Å². The number of nitrogens with one attached hydrogen (secondary N) is 2. The molecule has 3 amide bonds. The predicted octanol–water partition coefficient (Wildman–Crippen LogP) is 12.2. The minimum atomic E-state index is -0.555. The van der Waals surface area contributed by atoms with Gasteiger partial charge in [0, 0.05) is 39.0 Å². The van der Waals surface area contributed by atoms with Gasteiger partial charge in [0.15, 0.2) is 0 Å². The number of hydrogen-bond acceptors (Lipinski definition) is 5. The standard InChI is InChI=1S/C48H93N5O3.2ClH/c1-3-5-7-9-11-13-15-17-19-21-23-25-27-29-31-38-46(54)51-41-33-34-43-53(48(56)45(50)37-35-40-49)44-36-42-52-47(55)39-32-30-28-26-24-22-20-18-16-14-12-10-8-6-4-2;;/h17-20,45H,3-16,21-44,49-50H2,1-2H3,(H,51,54)(H,52,55);2*1H/b19-17-,20-18-;;/t45-;;/m0../s1. The van der Waals surface area contributed by atoms with E-state index in [1.165, 1.54) is 141 Å². The molecule has 0 rings (SSSR count). The van der Waals surface area contributed by atoms with E-state index in [0.29, 0.717) is 58.4 Å². The van der Waals surface area contributed by atoms with Gasteiger partial charge >= 0.3 is 0 Å². The second-order valence-electron chi connectivity index (χ2n) is 16.3. The zero-order valence-electron chi connectivity index (χ0n) is 37.9. The van der Waals surface area contributed by atoms with Crippen molar-refractivity contribution in [1.29, 1.82) is 0 Å². The van der Waals surface area contributed by atoms with Gasteiger partial charge < -0.3 is 27.0 Å². The number of unbranched alkanes of at least 4 members (excludes halogenated alkanes) is 23. The Kier molecular flexibility index (Phi) is 52.1. The predicted molar refractivity (Wildman–Crippen MR) is 256 cm³/mol. The topological polar surface area (TPSA) is 131 Å². The van der Waals surface area contributed by atoms with Gasteiger partial charge in [-0.2, -0.15) is 0 Å². The highest BCUT2D eigenvalue weighted by atomic mass is 35.5. The van der Waals surface area contributed by atoms with Gasteiger partial charge in [0.05, 0.1) is 6.04 Å². The fourth-order valence-electron chi connectivity index (χ4n) is 7.07. The Labute approximate surface area is 371 Å². The molecule has 0 fully saturated rings. The molecule has 0 aromatic rings. The largest absolute Gasteiger partial charge is 0.356 e. The summed E-state index contributed by atoms with van der Waals surface area (Å²) < 4.78 is 0. The van der Waals surface area contributed by atoms with Crippen LogP contribution in [-0.4, -0.2) is 61.4 Å². The van der Waals surface area contributed by atoms with Crippen LogP contribution in [0, 0.1) is 0 Å². The molecule has 0 aromatic heterocycles. The third-order valence-electron chi connectivity index (χ3n) is 10.8. The van der Waals surface area contributed by atoms with Crippen LogP contribution < -0.4 is 22.1 Å². The first-order chi connectivity index (χ1) is 27.5. The van der Waals surface area contributed by atoms with Gasteiger partial charge in [0.25, 0.3) is 0 Å². The molecular formula is C48H95Cl2N5O3. The van der Waals surface area contributed by atoms with Crippen LogP contribution in [0.3, 0.4) is 0 Å². The number of allylic oxidation sites excluding steroid dienone is 4. The van der Waals surface area contributed by atoms with Gasteiger partial charge in [-0.05, 0) is 103 Å². The highest BCUT2D eigenvalue weighted by molar-refractivity contribution is 5.85. The molecule has 58 heavy (non-hydrogen) atoms. The molecule has 10 heteroatoms. The van der Waals surface area contributed by atoms with E-state index in [1.54, 1.807) is 0 Å². The second-order valence-corrected chi connectivity index (χ2v) is 16.3. The first kappa shape index (κ1) is 60.7. The van der Waals surface area contributed by atoms with Gasteiger partial charge in [-0.3, -0.25) is 14.4 Å². The lowest BCUT2D eigenvalue weighted by molar-refractivity contribution is -0.133. The van der Waals surface area contributed by atoms with Crippen LogP contribution in [-0.2, 0) is 14.4 Å². The summed E-state index contributed by atoms with van der Waals surface area (Å²) in [6, 6.07) is -0.555. The molecule has 0 saturated heterocycles. The third-order valence-corrected chi connectivity index (χ3v) is 10.8. The summed E-state index contributed by atoms with van der Waals surface area (Å²) in [6.45, 7) is 7.38. The minimum absolute atomic E-state index is 0. The van der Waals surface area contributed by atoms with Gasteiger partial charge in [0.1, 0.15) is 0 Å². The first-order valence-corrected chi connectivity index (χ1v) is 24.0. The van der Waals surface area contributed by atoms with E-state index in [1.807, 2.05) is 4.90 Å². The SMILES string of the molecule is CCCCCCCC/C=C\CCCCCCCC(=O)NCCCCN(CCCNC(=O)CCCCCCC/C=C\CCCCCCCC)C(=O)[C@@H](N)CCCN.Cl.Cl. The number of carbonyl (C=O) groups is 3. The average Bonchev–Trinajstić information content (AvgIpc) is 3.20. The molecule has 0 spiro atoms. The normalized spacial score (nSPS) is 11.7. The van der Waals surface area contributed by atoms with Gasteiger partial charge in [-0.25, -0.2) is 0 Å². The molecule has 0 aliphatic heterocycles. The highest BCUT2D eigenvalue weighted by Crippen LogP contribution is 2.12. The monoisotopic (exact) mass is 860 g/mol. The molecule has 0 saturated carbocycles. The van der Waals surface area contributed by atoms with Crippen molar-refractivity contribution in [3.63, 3.8) is 0 Å². The molecular weight excluding hydrogens is 765 g/mol. The van der Waals surface area contributed by atoms with Crippen LogP contribution in [0.5, 0.6) is 0 Å². The van der Waals surface area contributed by atoms with Crippen LogP contribution in [0.2, 0.25) is 0 Å². The average molecular weight is 861 g/mol. The van der Waals surface area contributed by atoms with E-state index in [4.69, 9.17) is 11.5 Å². The molecule has 0 heterocycles. The maximum Gasteiger partial charge on any atom is 0.239 e. The number of carbonyl (C=O) groups excluding carboxylic acids is 3. The summed E-state index contributed by atoms with van der Waals surface area (Å²) in [5.74, 6) is 0.167. The summed E-state index contributed by atoms with van der Waals surface area (Å²) in [4.78, 5) is 39.7. The fraction of sp³-hybridized carbons (Fsp3) is 0.854. The number of rotatable bonds is 43. The van der Waals surface area contributed by atoms with Crippen molar-refractivity contribution in [3.05, 3.63) is 24.3 Å². The van der Waals surface area contributed by atoms with Crippen LogP contribution >= 0.6 is 24.8 Å². The summed E-state index contributed by atoms with van der Waals surface area (Å²) in [6.07, 6.45) is 46.6. The first-order valence-electron chi connectivity index (χ1n) is 24.0. The van der Waals surface area contributed by atoms with Crippen LogP contribution in [0.1, 0.15) is 226 Å². The summed E-state index contributed by atoms with van der Waals surface area (Å²) >= 11 is 0. The molecule has 8 nitrogen and oxygen atoms in total. The Morgan fingerprint density at radius 2 is 0.845 bits per heavy atom. The van der Waals surface area contributed by atoms with Crippen LogP contribution in [0.4, 0.5) is 0 Å². The molecule has 344 valence electrons. The van der Waals surface area contributed by atoms with Gasteiger partial charge in [-0.1, -0.05) is 141 Å². The zero-order valence-corrected chi connectivity index (χ0v) is 39.5. The van der Waals surface area contributed by atoms with E-state index in [0.717, 1.165) is 44.9 Å². The summed E-state index contributed by atoms with van der Waals surface area (Å²) in [7, 11) is 0. The molecule has 1 atom stereocenters. The summed E-state index contributed by atoms with van der Waals surface area (Å²) in [5.41, 5.74) is 11.9. The van der Waals surface area contributed by atoms with Crippen LogP contribution in [0.25, 0.3) is 0 Å². The summed E-state index contributed by atoms with van der Waals surface area (Å²) in [5, 5.41) is 6.10. The van der Waals surface area contributed by atoms with Crippen molar-refractivity contribution in [1.82, 2.24) is 15.5 Å². The maximum absolute atomic E-state index is 13.1. The van der Waals surface area contributed by atoms with Crippen molar-refractivity contribution in [3.8, 4) is 0 Å².